The predicted octanol–water partition coefficient (Wildman–Crippen LogP) is 4.63. The number of anilines is 1. The van der Waals surface area contributed by atoms with Crippen LogP contribution in [0.5, 0.6) is 5.88 Å². The van der Waals surface area contributed by atoms with E-state index in [-0.39, 0.29) is 23.6 Å². The highest BCUT2D eigenvalue weighted by molar-refractivity contribution is 5.93. The first-order valence-corrected chi connectivity index (χ1v) is 12.0. The number of fused-ring (bicyclic) bond motifs is 1. The van der Waals surface area contributed by atoms with Crippen molar-refractivity contribution in [2.24, 2.45) is 7.05 Å². The van der Waals surface area contributed by atoms with Gasteiger partial charge in [-0.1, -0.05) is 0 Å². The Kier molecular flexibility index (Phi) is 6.23. The summed E-state index contributed by atoms with van der Waals surface area (Å²) in [6, 6.07) is 7.33. The molecule has 1 saturated carbocycles. The maximum Gasteiger partial charge on any atom is 0.250 e. The number of halogens is 1. The van der Waals surface area contributed by atoms with Gasteiger partial charge in [0.2, 0.25) is 0 Å². The third-order valence-corrected chi connectivity index (χ3v) is 6.65. The van der Waals surface area contributed by atoms with Crippen LogP contribution in [0, 0.1) is 12.7 Å². The first kappa shape index (κ1) is 23.0. The second-order valence-electron chi connectivity index (χ2n) is 9.07. The zero-order valence-corrected chi connectivity index (χ0v) is 20.2. The second kappa shape index (κ2) is 9.48. The Morgan fingerprint density at radius 1 is 1.17 bits per heavy atom. The standard InChI is InChI=1S/C26H29FN6O2/c1-4-28-22-14-21-20(15-30-22)25(17-10-12-32(3)23(34)13-17)31-33(21)18-5-7-19(8-6-18)35-26-24(27)16(2)9-11-29-26/h9-15,18-19H,4-8H2,1-3H3,(H,28,30). The van der Waals surface area contributed by atoms with Gasteiger partial charge in [0.1, 0.15) is 17.6 Å². The highest BCUT2D eigenvalue weighted by atomic mass is 19.1. The number of hydrogen-bond acceptors (Lipinski definition) is 6. The van der Waals surface area contributed by atoms with E-state index in [2.05, 4.69) is 20.0 Å². The maximum atomic E-state index is 14.4. The molecule has 8 nitrogen and oxygen atoms in total. The average molecular weight is 477 g/mol. The van der Waals surface area contributed by atoms with E-state index in [1.165, 1.54) is 4.57 Å². The fourth-order valence-electron chi connectivity index (χ4n) is 4.66. The van der Waals surface area contributed by atoms with Crippen molar-refractivity contribution in [3.8, 4) is 17.1 Å². The summed E-state index contributed by atoms with van der Waals surface area (Å²) in [6.45, 7) is 4.50. The van der Waals surface area contributed by atoms with Crippen LogP contribution >= 0.6 is 0 Å². The number of hydrogen-bond donors (Lipinski definition) is 1. The van der Waals surface area contributed by atoms with Gasteiger partial charge in [0.05, 0.1) is 11.6 Å². The van der Waals surface area contributed by atoms with Crippen LogP contribution in [0.2, 0.25) is 0 Å². The summed E-state index contributed by atoms with van der Waals surface area (Å²) in [5, 5.41) is 9.16. The summed E-state index contributed by atoms with van der Waals surface area (Å²) in [4.78, 5) is 20.9. The first-order chi connectivity index (χ1) is 16.9. The molecule has 0 unspecified atom stereocenters. The molecule has 35 heavy (non-hydrogen) atoms. The monoisotopic (exact) mass is 476 g/mol. The Bertz CT molecular complexity index is 1420. The number of ether oxygens (including phenoxy) is 1. The number of aromatic nitrogens is 5. The summed E-state index contributed by atoms with van der Waals surface area (Å²) < 4.78 is 23.9. The van der Waals surface area contributed by atoms with Crippen molar-refractivity contribution in [2.75, 3.05) is 11.9 Å². The van der Waals surface area contributed by atoms with Gasteiger partial charge >= 0.3 is 0 Å². The van der Waals surface area contributed by atoms with Crippen LogP contribution in [0.3, 0.4) is 0 Å². The minimum atomic E-state index is -0.394. The summed E-state index contributed by atoms with van der Waals surface area (Å²) in [5.74, 6) is 0.469. The Balaban J connectivity index is 1.44. The lowest BCUT2D eigenvalue weighted by molar-refractivity contribution is 0.120. The highest BCUT2D eigenvalue weighted by Gasteiger charge is 2.28. The highest BCUT2D eigenvalue weighted by Crippen LogP contribution is 2.36. The summed E-state index contributed by atoms with van der Waals surface area (Å²) in [5.41, 5.74) is 2.94. The van der Waals surface area contributed by atoms with E-state index in [1.54, 1.807) is 38.5 Å². The normalized spacial score (nSPS) is 18.1. The van der Waals surface area contributed by atoms with Crippen molar-refractivity contribution in [3.63, 3.8) is 0 Å². The lowest BCUT2D eigenvalue weighted by Crippen LogP contribution is -2.27. The van der Waals surface area contributed by atoms with E-state index in [9.17, 15) is 9.18 Å². The molecule has 0 aromatic carbocycles. The molecule has 0 atom stereocenters. The molecule has 0 bridgehead atoms. The zero-order chi connectivity index (χ0) is 24.5. The Morgan fingerprint density at radius 3 is 2.71 bits per heavy atom. The number of nitrogens with zero attached hydrogens (tertiary/aromatic N) is 5. The lowest BCUT2D eigenvalue weighted by Gasteiger charge is -2.29. The SMILES string of the molecule is CCNc1cc2c(cn1)c(-c1ccn(C)c(=O)c1)nn2C1CCC(Oc2nccc(C)c2F)CC1. The van der Waals surface area contributed by atoms with Gasteiger partial charge in [-0.3, -0.25) is 9.48 Å². The second-order valence-corrected chi connectivity index (χ2v) is 9.07. The molecule has 4 heterocycles. The van der Waals surface area contributed by atoms with E-state index in [1.807, 2.05) is 25.3 Å². The van der Waals surface area contributed by atoms with Gasteiger partial charge in [0.15, 0.2) is 5.82 Å². The van der Waals surface area contributed by atoms with Crippen LogP contribution in [0.1, 0.15) is 44.2 Å². The largest absolute Gasteiger partial charge is 0.472 e. The average Bonchev–Trinajstić information content (AvgIpc) is 3.23. The van der Waals surface area contributed by atoms with E-state index >= 15 is 0 Å². The third kappa shape index (κ3) is 4.50. The number of nitrogens with one attached hydrogen (secondary N) is 1. The molecule has 1 N–H and O–H groups in total. The molecule has 0 saturated heterocycles. The predicted molar refractivity (Wildman–Crippen MR) is 133 cm³/mol. The molecule has 1 fully saturated rings. The first-order valence-electron chi connectivity index (χ1n) is 12.0. The quantitative estimate of drug-likeness (QED) is 0.437. The van der Waals surface area contributed by atoms with E-state index < -0.39 is 5.82 Å². The van der Waals surface area contributed by atoms with E-state index in [0.29, 0.717) is 5.56 Å². The molecule has 4 aromatic heterocycles. The summed E-state index contributed by atoms with van der Waals surface area (Å²) >= 11 is 0. The van der Waals surface area contributed by atoms with Crippen molar-refractivity contribution < 1.29 is 9.13 Å². The van der Waals surface area contributed by atoms with Crippen LogP contribution < -0.4 is 15.6 Å². The molecular formula is C26H29FN6O2. The van der Waals surface area contributed by atoms with Crippen LogP contribution in [-0.4, -0.2) is 37.0 Å². The van der Waals surface area contributed by atoms with Crippen molar-refractivity contribution >= 4 is 16.7 Å². The van der Waals surface area contributed by atoms with Crippen molar-refractivity contribution in [1.29, 1.82) is 0 Å². The maximum absolute atomic E-state index is 14.4. The van der Waals surface area contributed by atoms with Crippen LogP contribution in [0.15, 0.2) is 47.7 Å². The fraction of sp³-hybridized carbons (Fsp3) is 0.385. The van der Waals surface area contributed by atoms with Crippen molar-refractivity contribution in [1.82, 2.24) is 24.3 Å². The molecule has 0 spiro atoms. The van der Waals surface area contributed by atoms with Crippen LogP contribution in [0.25, 0.3) is 22.2 Å². The molecule has 0 radical (unpaired) electrons. The molecule has 9 heteroatoms. The minimum Gasteiger partial charge on any atom is -0.472 e. The van der Waals surface area contributed by atoms with Gasteiger partial charge < -0.3 is 14.6 Å². The smallest absolute Gasteiger partial charge is 0.250 e. The van der Waals surface area contributed by atoms with Gasteiger partial charge in [-0.25, -0.2) is 14.4 Å². The molecule has 1 aliphatic rings. The number of pyridine rings is 3. The van der Waals surface area contributed by atoms with Gasteiger partial charge in [-0.15, -0.1) is 0 Å². The molecule has 0 amide bonds. The molecule has 1 aliphatic carbocycles. The van der Waals surface area contributed by atoms with Gasteiger partial charge in [0.25, 0.3) is 11.4 Å². The topological polar surface area (TPSA) is 86.9 Å². The number of aryl methyl sites for hydroxylation is 2. The molecular weight excluding hydrogens is 447 g/mol. The Hall–Kier alpha value is -3.75. The minimum absolute atomic E-state index is 0.0762. The molecule has 0 aliphatic heterocycles. The van der Waals surface area contributed by atoms with Gasteiger partial charge in [-0.05, 0) is 57.2 Å². The van der Waals surface area contributed by atoms with Crippen molar-refractivity contribution in [3.05, 3.63) is 64.6 Å². The van der Waals surface area contributed by atoms with Crippen LogP contribution in [0.4, 0.5) is 10.2 Å². The van der Waals surface area contributed by atoms with Crippen LogP contribution in [-0.2, 0) is 7.05 Å². The number of rotatable bonds is 6. The summed E-state index contributed by atoms with van der Waals surface area (Å²) in [7, 11) is 1.73. The van der Waals surface area contributed by atoms with E-state index in [0.717, 1.165) is 60.2 Å². The van der Waals surface area contributed by atoms with Gasteiger partial charge in [0, 0.05) is 55.3 Å². The molecule has 182 valence electrons. The van der Waals surface area contributed by atoms with Crippen molar-refractivity contribution in [2.45, 2.75) is 51.7 Å². The molecule has 4 aromatic rings. The molecule has 5 rings (SSSR count). The van der Waals surface area contributed by atoms with E-state index in [4.69, 9.17) is 9.84 Å². The Morgan fingerprint density at radius 2 is 1.97 bits per heavy atom. The van der Waals surface area contributed by atoms with Gasteiger partial charge in [-0.2, -0.15) is 5.10 Å². The zero-order valence-electron chi connectivity index (χ0n) is 20.2. The fourth-order valence-corrected chi connectivity index (χ4v) is 4.66. The third-order valence-electron chi connectivity index (χ3n) is 6.65. The summed E-state index contributed by atoms with van der Waals surface area (Å²) in [6.07, 6.45) is 8.28. The Labute approximate surface area is 202 Å². The lowest BCUT2D eigenvalue weighted by atomic mass is 9.93.